The van der Waals surface area contributed by atoms with Crippen molar-refractivity contribution in [1.82, 2.24) is 20.2 Å². The number of H-pyrrole nitrogens is 1. The van der Waals surface area contributed by atoms with Crippen LogP contribution < -0.4 is 10.6 Å². The van der Waals surface area contributed by atoms with Gasteiger partial charge in [0.15, 0.2) is 0 Å². The molecule has 0 atom stereocenters. The van der Waals surface area contributed by atoms with Crippen LogP contribution in [0.5, 0.6) is 0 Å². The number of fused-ring (bicyclic) bond motifs is 1. The molecule has 0 radical (unpaired) electrons. The minimum Gasteiger partial charge on any atom is -0.384 e. The minimum atomic E-state index is -4.44. The van der Waals surface area contributed by atoms with Gasteiger partial charge in [-0.15, -0.1) is 0 Å². The topological polar surface area (TPSA) is 56.0 Å². The average Bonchev–Trinajstić information content (AvgIpc) is 3.34. The summed E-state index contributed by atoms with van der Waals surface area (Å²) in [4.78, 5) is 9.61. The quantitative estimate of drug-likeness (QED) is 0.653. The number of pyridine rings is 1. The van der Waals surface area contributed by atoms with Gasteiger partial charge in [-0.1, -0.05) is 6.08 Å². The first-order chi connectivity index (χ1) is 13.5. The highest BCUT2D eigenvalue weighted by atomic mass is 19.4. The second kappa shape index (κ2) is 8.13. The molecule has 2 aromatic heterocycles. The first-order valence-electron chi connectivity index (χ1n) is 9.97. The van der Waals surface area contributed by atoms with Crippen molar-refractivity contribution in [3.63, 3.8) is 0 Å². The fraction of sp³-hybridized carbons (Fsp3) is 0.550. The fourth-order valence-electron chi connectivity index (χ4n) is 4.04. The van der Waals surface area contributed by atoms with Crippen molar-refractivity contribution in [3.05, 3.63) is 29.6 Å². The highest BCUT2D eigenvalue weighted by Gasteiger charge is 2.35. The normalized spacial score (nSPS) is 18.6. The zero-order chi connectivity index (χ0) is 19.6. The molecule has 1 fully saturated rings. The van der Waals surface area contributed by atoms with Crippen molar-refractivity contribution < 1.29 is 13.2 Å². The molecule has 5 nitrogen and oxygen atoms in total. The molecule has 2 aromatic rings. The zero-order valence-electron chi connectivity index (χ0n) is 15.8. The summed E-state index contributed by atoms with van der Waals surface area (Å²) in [7, 11) is 0. The molecule has 0 amide bonds. The van der Waals surface area contributed by atoms with E-state index in [0.29, 0.717) is 17.6 Å². The molecular weight excluding hydrogens is 367 g/mol. The smallest absolute Gasteiger partial charge is 0.384 e. The van der Waals surface area contributed by atoms with Gasteiger partial charge in [0.05, 0.1) is 11.3 Å². The van der Waals surface area contributed by atoms with Crippen molar-refractivity contribution in [2.24, 2.45) is 0 Å². The standard InChI is InChI=1S/C20H26F3N5/c21-20(22,23)16-13-26-19-15(12-17(27-19)14-4-7-24-8-5-14)18(16)25-6-3-11-28-9-1-2-10-28/h4,12-13,24H,1-3,5-11H2,(H2,25,26,27). The number of halogens is 3. The van der Waals surface area contributed by atoms with Gasteiger partial charge in [0, 0.05) is 30.4 Å². The summed E-state index contributed by atoms with van der Waals surface area (Å²) in [6.07, 6.45) is 2.66. The van der Waals surface area contributed by atoms with Gasteiger partial charge in [-0.3, -0.25) is 0 Å². The largest absolute Gasteiger partial charge is 0.419 e. The van der Waals surface area contributed by atoms with Gasteiger partial charge < -0.3 is 20.5 Å². The van der Waals surface area contributed by atoms with E-state index in [9.17, 15) is 13.2 Å². The number of anilines is 1. The van der Waals surface area contributed by atoms with Crippen LogP contribution in [0, 0.1) is 0 Å². The minimum absolute atomic E-state index is 0.135. The van der Waals surface area contributed by atoms with Crippen molar-refractivity contribution in [3.8, 4) is 0 Å². The Balaban J connectivity index is 1.58. The predicted octanol–water partition coefficient (Wildman–Crippen LogP) is 3.86. The molecule has 2 aliphatic rings. The maximum absolute atomic E-state index is 13.6. The Morgan fingerprint density at radius 1 is 1.21 bits per heavy atom. The van der Waals surface area contributed by atoms with Crippen LogP contribution in [0.3, 0.4) is 0 Å². The molecule has 0 spiro atoms. The van der Waals surface area contributed by atoms with Gasteiger partial charge in [0.2, 0.25) is 0 Å². The summed E-state index contributed by atoms with van der Waals surface area (Å²) in [6.45, 7) is 5.25. The number of rotatable bonds is 6. The summed E-state index contributed by atoms with van der Waals surface area (Å²) in [5.41, 5.74) is 1.89. The predicted molar refractivity (Wildman–Crippen MR) is 105 cm³/mol. The summed E-state index contributed by atoms with van der Waals surface area (Å²) in [5, 5.41) is 6.81. The number of aromatic nitrogens is 2. The lowest BCUT2D eigenvalue weighted by Crippen LogP contribution is -2.22. The molecule has 0 aromatic carbocycles. The summed E-state index contributed by atoms with van der Waals surface area (Å²) >= 11 is 0. The lowest BCUT2D eigenvalue weighted by molar-refractivity contribution is -0.137. The van der Waals surface area contributed by atoms with Crippen LogP contribution in [0.15, 0.2) is 18.3 Å². The third kappa shape index (κ3) is 4.17. The number of nitrogens with zero attached hydrogens (tertiary/aromatic N) is 2. The molecule has 8 heteroatoms. The number of hydrogen-bond donors (Lipinski definition) is 3. The molecule has 0 aliphatic carbocycles. The maximum Gasteiger partial charge on any atom is 0.419 e. The first kappa shape index (κ1) is 19.3. The third-order valence-electron chi connectivity index (χ3n) is 5.53. The Labute approximate surface area is 162 Å². The Hall–Kier alpha value is -2.06. The van der Waals surface area contributed by atoms with Gasteiger partial charge in [-0.2, -0.15) is 13.2 Å². The summed E-state index contributed by atoms with van der Waals surface area (Å²) in [5.74, 6) is 0. The van der Waals surface area contributed by atoms with Gasteiger partial charge >= 0.3 is 6.18 Å². The zero-order valence-corrected chi connectivity index (χ0v) is 15.8. The number of alkyl halides is 3. The Morgan fingerprint density at radius 2 is 2.04 bits per heavy atom. The second-order valence-corrected chi connectivity index (χ2v) is 7.50. The highest BCUT2D eigenvalue weighted by molar-refractivity contribution is 5.94. The van der Waals surface area contributed by atoms with Crippen molar-refractivity contribution in [2.75, 3.05) is 44.6 Å². The SMILES string of the molecule is FC(F)(F)c1cnc2[nH]c(C3=CCNCC3)cc2c1NCCCN1CCCC1. The average molecular weight is 393 g/mol. The van der Waals surface area contributed by atoms with E-state index < -0.39 is 11.7 Å². The van der Waals surface area contributed by atoms with E-state index in [1.165, 1.54) is 12.8 Å². The van der Waals surface area contributed by atoms with E-state index in [1.807, 2.05) is 0 Å². The maximum atomic E-state index is 13.6. The fourth-order valence-corrected chi connectivity index (χ4v) is 4.04. The van der Waals surface area contributed by atoms with Gasteiger partial charge in [0.1, 0.15) is 5.65 Å². The van der Waals surface area contributed by atoms with E-state index in [-0.39, 0.29) is 5.69 Å². The number of hydrogen-bond acceptors (Lipinski definition) is 4. The van der Waals surface area contributed by atoms with Crippen LogP contribution in [0.25, 0.3) is 16.6 Å². The number of aromatic amines is 1. The molecule has 2 aliphatic heterocycles. The van der Waals surface area contributed by atoms with Crippen LogP contribution in [-0.2, 0) is 6.18 Å². The van der Waals surface area contributed by atoms with E-state index >= 15 is 0 Å². The molecule has 152 valence electrons. The molecule has 0 saturated carbocycles. The van der Waals surface area contributed by atoms with Crippen molar-refractivity contribution >= 4 is 22.3 Å². The van der Waals surface area contributed by atoms with E-state index in [0.717, 1.165) is 63.0 Å². The molecule has 28 heavy (non-hydrogen) atoms. The Bertz CT molecular complexity index is 849. The van der Waals surface area contributed by atoms with Crippen LogP contribution >= 0.6 is 0 Å². The number of likely N-dealkylation sites (tertiary alicyclic amines) is 1. The Morgan fingerprint density at radius 3 is 2.75 bits per heavy atom. The second-order valence-electron chi connectivity index (χ2n) is 7.50. The van der Waals surface area contributed by atoms with Crippen LogP contribution in [0.4, 0.5) is 18.9 Å². The monoisotopic (exact) mass is 393 g/mol. The van der Waals surface area contributed by atoms with Crippen LogP contribution in [-0.4, -0.2) is 54.1 Å². The van der Waals surface area contributed by atoms with Crippen LogP contribution in [0.1, 0.15) is 36.9 Å². The molecular formula is C20H26F3N5. The molecule has 4 heterocycles. The van der Waals surface area contributed by atoms with Gasteiger partial charge in [-0.25, -0.2) is 4.98 Å². The lowest BCUT2D eigenvalue weighted by atomic mass is 10.1. The van der Waals surface area contributed by atoms with Gasteiger partial charge in [-0.05, 0) is 63.5 Å². The first-order valence-corrected chi connectivity index (χ1v) is 9.97. The highest BCUT2D eigenvalue weighted by Crippen LogP contribution is 2.39. The number of nitrogens with one attached hydrogen (secondary N) is 3. The van der Waals surface area contributed by atoms with E-state index in [2.05, 4.69) is 31.6 Å². The van der Waals surface area contributed by atoms with E-state index in [4.69, 9.17) is 0 Å². The van der Waals surface area contributed by atoms with Crippen molar-refractivity contribution in [1.29, 1.82) is 0 Å². The molecule has 0 unspecified atom stereocenters. The summed E-state index contributed by atoms with van der Waals surface area (Å²) in [6, 6.07) is 1.80. The molecule has 4 rings (SSSR count). The third-order valence-corrected chi connectivity index (χ3v) is 5.53. The lowest BCUT2D eigenvalue weighted by Gasteiger charge is -2.17. The van der Waals surface area contributed by atoms with E-state index in [1.54, 1.807) is 6.07 Å². The molecule has 3 N–H and O–H groups in total. The molecule has 0 bridgehead atoms. The van der Waals surface area contributed by atoms with Gasteiger partial charge in [0.25, 0.3) is 0 Å². The van der Waals surface area contributed by atoms with Crippen LogP contribution in [0.2, 0.25) is 0 Å². The van der Waals surface area contributed by atoms with Crippen molar-refractivity contribution in [2.45, 2.75) is 31.9 Å². The summed E-state index contributed by atoms with van der Waals surface area (Å²) < 4.78 is 40.7. The Kier molecular flexibility index (Phi) is 5.59. The molecule has 1 saturated heterocycles.